The van der Waals surface area contributed by atoms with Gasteiger partial charge in [-0.25, -0.2) is 4.72 Å². The van der Waals surface area contributed by atoms with Crippen molar-refractivity contribution >= 4 is 11.4 Å². The molecule has 1 N–H and O–H groups in total. The Morgan fingerprint density at radius 1 is 1.71 bits per heavy atom. The third-order valence-corrected chi connectivity index (χ3v) is 0.869. The molecule has 1 atom stereocenters. The molecule has 0 heterocycles. The lowest BCUT2D eigenvalue weighted by atomic mass is 10.7. The Morgan fingerprint density at radius 2 is 2.29 bits per heavy atom. The van der Waals surface area contributed by atoms with E-state index in [9.17, 15) is 4.55 Å². The van der Waals surface area contributed by atoms with Gasteiger partial charge in [0.1, 0.15) is 6.26 Å². The van der Waals surface area contributed by atoms with Gasteiger partial charge in [0.05, 0.1) is 11.4 Å². The quantitative estimate of drug-likeness (QED) is 0.534. The second-order valence-electron chi connectivity index (χ2n) is 1.07. The van der Waals surface area contributed by atoms with Gasteiger partial charge in [-0.05, 0) is 6.92 Å². The lowest BCUT2D eigenvalue weighted by Gasteiger charge is -1.98. The first kappa shape index (κ1) is 6.85. The summed E-state index contributed by atoms with van der Waals surface area (Å²) in [5, 5.41) is 0. The fraction of sp³-hybridized carbons (Fsp3) is 0.500. The Bertz CT molecular complexity index is 62.7. The SMILES string of the molecule is C/C=C\N[S+](C)[O-]. The van der Waals surface area contributed by atoms with Gasteiger partial charge in [-0.1, -0.05) is 6.08 Å². The van der Waals surface area contributed by atoms with Crippen LogP contribution in [-0.2, 0) is 11.4 Å². The van der Waals surface area contributed by atoms with Crippen LogP contribution in [0.5, 0.6) is 0 Å². The second kappa shape index (κ2) is 4.02. The molecule has 0 rings (SSSR count). The van der Waals surface area contributed by atoms with E-state index in [0.717, 1.165) is 0 Å². The number of hydrogen-bond acceptors (Lipinski definition) is 2. The van der Waals surface area contributed by atoms with Crippen LogP contribution >= 0.6 is 0 Å². The summed E-state index contributed by atoms with van der Waals surface area (Å²) in [5.41, 5.74) is 0. The molecule has 42 valence electrons. The van der Waals surface area contributed by atoms with E-state index >= 15 is 0 Å². The van der Waals surface area contributed by atoms with Crippen molar-refractivity contribution < 1.29 is 4.55 Å². The van der Waals surface area contributed by atoms with Gasteiger partial charge < -0.3 is 4.55 Å². The molecule has 0 spiro atoms. The Balaban J connectivity index is 2.97. The number of hydrogen-bond donors (Lipinski definition) is 1. The van der Waals surface area contributed by atoms with Gasteiger partial charge >= 0.3 is 0 Å². The lowest BCUT2D eigenvalue weighted by Crippen LogP contribution is -2.14. The molecule has 0 aromatic heterocycles. The summed E-state index contributed by atoms with van der Waals surface area (Å²) in [4.78, 5) is 0. The molecule has 0 aliphatic carbocycles. The standard InChI is InChI=1S/C4H9NOS/c1-3-4-5-7(2)6/h3-5H,1-2H3/b4-3-. The zero-order valence-electron chi connectivity index (χ0n) is 4.47. The minimum atomic E-state index is -0.902. The Kier molecular flexibility index (Phi) is 3.93. The molecule has 0 saturated carbocycles. The van der Waals surface area contributed by atoms with Crippen LogP contribution in [0.1, 0.15) is 6.92 Å². The van der Waals surface area contributed by atoms with E-state index in [-0.39, 0.29) is 0 Å². The molecular formula is C4H9NOS. The summed E-state index contributed by atoms with van der Waals surface area (Å²) < 4.78 is 12.7. The fourth-order valence-corrected chi connectivity index (χ4v) is 0.492. The molecule has 0 saturated heterocycles. The second-order valence-corrected chi connectivity index (χ2v) is 2.22. The Labute approximate surface area is 46.9 Å². The molecule has 0 aliphatic heterocycles. The molecule has 0 aromatic carbocycles. The van der Waals surface area contributed by atoms with Gasteiger partial charge in [0, 0.05) is 6.20 Å². The van der Waals surface area contributed by atoms with Crippen LogP contribution in [0.15, 0.2) is 12.3 Å². The molecule has 7 heavy (non-hydrogen) atoms. The molecule has 0 aromatic rings. The topological polar surface area (TPSA) is 35.1 Å². The van der Waals surface area contributed by atoms with E-state index in [4.69, 9.17) is 0 Å². The summed E-state index contributed by atoms with van der Waals surface area (Å²) in [6.07, 6.45) is 5.03. The maximum absolute atomic E-state index is 10.2. The van der Waals surface area contributed by atoms with Crippen molar-refractivity contribution in [3.05, 3.63) is 12.3 Å². The van der Waals surface area contributed by atoms with Gasteiger partial charge in [-0.15, -0.1) is 0 Å². The summed E-state index contributed by atoms with van der Waals surface area (Å²) in [7, 11) is 0. The van der Waals surface area contributed by atoms with Crippen LogP contribution in [0.4, 0.5) is 0 Å². The summed E-state index contributed by atoms with van der Waals surface area (Å²) in [6.45, 7) is 1.86. The smallest absolute Gasteiger partial charge is 0.121 e. The Hall–Kier alpha value is -0.150. The first-order valence-electron chi connectivity index (χ1n) is 1.98. The number of rotatable bonds is 2. The average molecular weight is 119 g/mol. The van der Waals surface area contributed by atoms with E-state index in [1.54, 1.807) is 18.5 Å². The predicted molar refractivity (Wildman–Crippen MR) is 32.0 cm³/mol. The highest BCUT2D eigenvalue weighted by Crippen LogP contribution is 1.71. The largest absolute Gasteiger partial charge is 0.593 e. The van der Waals surface area contributed by atoms with Crippen molar-refractivity contribution in [3.8, 4) is 0 Å². The molecule has 0 radical (unpaired) electrons. The minimum absolute atomic E-state index is 0.902. The normalized spacial score (nSPS) is 14.7. The molecular weight excluding hydrogens is 110 g/mol. The van der Waals surface area contributed by atoms with Crippen LogP contribution in [0, 0.1) is 0 Å². The summed E-state index contributed by atoms with van der Waals surface area (Å²) in [5.74, 6) is 0. The van der Waals surface area contributed by atoms with Crippen LogP contribution in [-0.4, -0.2) is 10.8 Å². The van der Waals surface area contributed by atoms with Gasteiger partial charge in [0.15, 0.2) is 0 Å². The van der Waals surface area contributed by atoms with Crippen molar-refractivity contribution in [1.29, 1.82) is 0 Å². The van der Waals surface area contributed by atoms with Gasteiger partial charge in [-0.2, -0.15) is 0 Å². The minimum Gasteiger partial charge on any atom is -0.593 e. The van der Waals surface area contributed by atoms with Crippen LogP contribution in [0.3, 0.4) is 0 Å². The summed E-state index contributed by atoms with van der Waals surface area (Å²) in [6, 6.07) is 0. The van der Waals surface area contributed by atoms with E-state index < -0.39 is 11.4 Å². The number of nitrogens with one attached hydrogen (secondary N) is 1. The molecule has 0 aliphatic rings. The third kappa shape index (κ3) is 5.85. The molecule has 2 nitrogen and oxygen atoms in total. The molecule has 0 amide bonds. The predicted octanol–water partition coefficient (Wildman–Crippen LogP) is 0.403. The molecule has 1 unspecified atom stereocenters. The van der Waals surface area contributed by atoms with Crippen LogP contribution < -0.4 is 4.72 Å². The van der Waals surface area contributed by atoms with Crippen molar-refractivity contribution in [3.63, 3.8) is 0 Å². The Morgan fingerprint density at radius 3 is 2.43 bits per heavy atom. The van der Waals surface area contributed by atoms with Crippen molar-refractivity contribution in [2.75, 3.05) is 6.26 Å². The highest BCUT2D eigenvalue weighted by molar-refractivity contribution is 7.88. The first-order chi connectivity index (χ1) is 3.27. The third-order valence-electron chi connectivity index (χ3n) is 0.401. The van der Waals surface area contributed by atoms with E-state index in [1.165, 1.54) is 0 Å². The van der Waals surface area contributed by atoms with Crippen molar-refractivity contribution in [1.82, 2.24) is 4.72 Å². The van der Waals surface area contributed by atoms with E-state index in [0.29, 0.717) is 0 Å². The molecule has 3 heteroatoms. The van der Waals surface area contributed by atoms with Crippen molar-refractivity contribution in [2.45, 2.75) is 6.92 Å². The summed E-state index contributed by atoms with van der Waals surface area (Å²) >= 11 is -0.902. The monoisotopic (exact) mass is 119 g/mol. The maximum Gasteiger partial charge on any atom is 0.121 e. The van der Waals surface area contributed by atoms with E-state index in [1.807, 2.05) is 6.92 Å². The zero-order chi connectivity index (χ0) is 5.70. The highest BCUT2D eigenvalue weighted by atomic mass is 32.2. The van der Waals surface area contributed by atoms with Gasteiger partial charge in [0.2, 0.25) is 0 Å². The molecule has 0 bridgehead atoms. The van der Waals surface area contributed by atoms with E-state index in [2.05, 4.69) is 4.72 Å². The average Bonchev–Trinajstić information content (AvgIpc) is 1.61. The highest BCUT2D eigenvalue weighted by Gasteiger charge is 1.82. The van der Waals surface area contributed by atoms with Crippen LogP contribution in [0.25, 0.3) is 0 Å². The van der Waals surface area contributed by atoms with Gasteiger partial charge in [-0.3, -0.25) is 0 Å². The fourth-order valence-electron chi connectivity index (χ4n) is 0.164. The van der Waals surface area contributed by atoms with Crippen LogP contribution in [0.2, 0.25) is 0 Å². The molecule has 0 fully saturated rings. The zero-order valence-corrected chi connectivity index (χ0v) is 5.29. The van der Waals surface area contributed by atoms with Crippen molar-refractivity contribution in [2.24, 2.45) is 0 Å². The maximum atomic E-state index is 10.2. The lowest BCUT2D eigenvalue weighted by molar-refractivity contribution is 0.595. The first-order valence-corrected chi connectivity index (χ1v) is 3.54. The number of allylic oxidation sites excluding steroid dienone is 1. The van der Waals surface area contributed by atoms with Gasteiger partial charge in [0.25, 0.3) is 0 Å².